The van der Waals surface area contributed by atoms with Crippen LogP contribution in [0.5, 0.6) is 0 Å². The molecule has 0 aliphatic carbocycles. The lowest BCUT2D eigenvalue weighted by molar-refractivity contribution is 0.199. The summed E-state index contributed by atoms with van der Waals surface area (Å²) in [5, 5.41) is 7.52. The Hall–Kier alpha value is -1.66. The molecule has 2 heterocycles. The first-order valence-electron chi connectivity index (χ1n) is 6.56. The average Bonchev–Trinajstić information content (AvgIpc) is 3.07. The van der Waals surface area contributed by atoms with E-state index < -0.39 is 0 Å². The molecule has 0 atom stereocenters. The Labute approximate surface area is 113 Å². The van der Waals surface area contributed by atoms with E-state index in [2.05, 4.69) is 20.0 Å². The van der Waals surface area contributed by atoms with Crippen LogP contribution < -0.4 is 5.32 Å². The standard InChI is InChI=1S/C13H21N5O/c1-19-9-5-14-10-13-11-15-12-17(13)6-3-8-18-7-2-4-16-18/h2,4,7,11-12,14H,3,5-6,8-10H2,1H3. The Morgan fingerprint density at radius 2 is 2.32 bits per heavy atom. The monoisotopic (exact) mass is 263 g/mol. The molecule has 0 fully saturated rings. The zero-order chi connectivity index (χ0) is 13.3. The molecule has 0 saturated heterocycles. The van der Waals surface area contributed by atoms with Gasteiger partial charge in [-0.15, -0.1) is 0 Å². The molecule has 0 unspecified atom stereocenters. The minimum Gasteiger partial charge on any atom is -0.383 e. The molecule has 6 nitrogen and oxygen atoms in total. The van der Waals surface area contributed by atoms with Gasteiger partial charge in [0.05, 0.1) is 18.6 Å². The van der Waals surface area contributed by atoms with Crippen LogP contribution in [0.3, 0.4) is 0 Å². The summed E-state index contributed by atoms with van der Waals surface area (Å²) in [6, 6.07) is 1.95. The summed E-state index contributed by atoms with van der Waals surface area (Å²) in [5.41, 5.74) is 1.21. The van der Waals surface area contributed by atoms with E-state index in [1.165, 1.54) is 5.69 Å². The minimum atomic E-state index is 0.730. The van der Waals surface area contributed by atoms with Gasteiger partial charge in [0.2, 0.25) is 0 Å². The van der Waals surface area contributed by atoms with Crippen molar-refractivity contribution in [2.45, 2.75) is 26.1 Å². The SMILES string of the molecule is COCCNCc1cncn1CCCn1cccn1. The van der Waals surface area contributed by atoms with E-state index in [-0.39, 0.29) is 0 Å². The summed E-state index contributed by atoms with van der Waals surface area (Å²) in [7, 11) is 1.71. The fourth-order valence-electron chi connectivity index (χ4n) is 1.92. The second-order valence-electron chi connectivity index (χ2n) is 4.37. The molecule has 1 N–H and O–H groups in total. The zero-order valence-corrected chi connectivity index (χ0v) is 11.3. The van der Waals surface area contributed by atoms with Gasteiger partial charge in [-0.3, -0.25) is 4.68 Å². The molecule has 0 spiro atoms. The smallest absolute Gasteiger partial charge is 0.0948 e. The lowest BCUT2D eigenvalue weighted by Crippen LogP contribution is -2.20. The van der Waals surface area contributed by atoms with Gasteiger partial charge in [-0.1, -0.05) is 0 Å². The van der Waals surface area contributed by atoms with Gasteiger partial charge in [-0.25, -0.2) is 4.98 Å². The molecule has 6 heteroatoms. The molecule has 0 bridgehead atoms. The minimum absolute atomic E-state index is 0.730. The number of nitrogens with one attached hydrogen (secondary N) is 1. The average molecular weight is 263 g/mol. The number of aromatic nitrogens is 4. The van der Waals surface area contributed by atoms with E-state index in [9.17, 15) is 0 Å². The topological polar surface area (TPSA) is 56.9 Å². The Balaban J connectivity index is 1.72. The van der Waals surface area contributed by atoms with Crippen LogP contribution in [0.25, 0.3) is 0 Å². The maximum absolute atomic E-state index is 5.00. The quantitative estimate of drug-likeness (QED) is 0.683. The van der Waals surface area contributed by atoms with E-state index in [1.54, 1.807) is 7.11 Å². The van der Waals surface area contributed by atoms with Gasteiger partial charge in [-0.05, 0) is 12.5 Å². The summed E-state index contributed by atoms with van der Waals surface area (Å²) >= 11 is 0. The third-order valence-corrected chi connectivity index (χ3v) is 2.93. The van der Waals surface area contributed by atoms with Gasteiger partial charge >= 0.3 is 0 Å². The molecule has 19 heavy (non-hydrogen) atoms. The summed E-state index contributed by atoms with van der Waals surface area (Å²) in [6.07, 6.45) is 8.64. The van der Waals surface area contributed by atoms with E-state index in [0.717, 1.165) is 39.2 Å². The maximum Gasteiger partial charge on any atom is 0.0948 e. The van der Waals surface area contributed by atoms with Gasteiger partial charge < -0.3 is 14.6 Å². The molecule has 0 amide bonds. The molecule has 0 aromatic carbocycles. The number of hydrogen-bond donors (Lipinski definition) is 1. The highest BCUT2D eigenvalue weighted by atomic mass is 16.5. The number of rotatable bonds is 9. The fourth-order valence-corrected chi connectivity index (χ4v) is 1.92. The fraction of sp³-hybridized carbons (Fsp3) is 0.538. The highest BCUT2D eigenvalue weighted by molar-refractivity contribution is 4.97. The lowest BCUT2D eigenvalue weighted by atomic mass is 10.4. The number of imidazole rings is 1. The normalized spacial score (nSPS) is 11.0. The zero-order valence-electron chi connectivity index (χ0n) is 11.3. The summed E-state index contributed by atoms with van der Waals surface area (Å²) in [6.45, 7) is 4.30. The van der Waals surface area contributed by atoms with Crippen molar-refractivity contribution in [3.05, 3.63) is 36.7 Å². The number of ether oxygens (including phenoxy) is 1. The summed E-state index contributed by atoms with van der Waals surface area (Å²) in [5.74, 6) is 0. The number of methoxy groups -OCH3 is 1. The van der Waals surface area contributed by atoms with Crippen molar-refractivity contribution in [1.82, 2.24) is 24.6 Å². The van der Waals surface area contributed by atoms with Crippen molar-refractivity contribution in [3.63, 3.8) is 0 Å². The van der Waals surface area contributed by atoms with Crippen molar-refractivity contribution in [1.29, 1.82) is 0 Å². The Kier molecular flexibility index (Phi) is 5.58. The van der Waals surface area contributed by atoms with Crippen LogP contribution in [0.4, 0.5) is 0 Å². The van der Waals surface area contributed by atoms with Crippen molar-refractivity contribution in [2.75, 3.05) is 20.3 Å². The van der Waals surface area contributed by atoms with Crippen molar-refractivity contribution < 1.29 is 4.74 Å². The molecule has 0 saturated carbocycles. The van der Waals surface area contributed by atoms with Crippen molar-refractivity contribution in [2.24, 2.45) is 0 Å². The van der Waals surface area contributed by atoms with Gasteiger partial charge in [0.15, 0.2) is 0 Å². The molecular weight excluding hydrogens is 242 g/mol. The van der Waals surface area contributed by atoms with Gasteiger partial charge in [0.25, 0.3) is 0 Å². The van der Waals surface area contributed by atoms with Crippen LogP contribution in [-0.2, 0) is 24.4 Å². The first-order chi connectivity index (χ1) is 9.40. The Morgan fingerprint density at radius 3 is 3.11 bits per heavy atom. The third-order valence-electron chi connectivity index (χ3n) is 2.93. The summed E-state index contributed by atoms with van der Waals surface area (Å²) in [4.78, 5) is 4.21. The van der Waals surface area contributed by atoms with Gasteiger partial charge in [-0.2, -0.15) is 5.10 Å². The molecule has 0 radical (unpaired) electrons. The molecule has 2 aromatic heterocycles. The van der Waals surface area contributed by atoms with Crippen LogP contribution in [0.1, 0.15) is 12.1 Å². The molecule has 2 aromatic rings. The highest BCUT2D eigenvalue weighted by Crippen LogP contribution is 2.01. The van der Waals surface area contributed by atoms with Crippen LogP contribution in [0.2, 0.25) is 0 Å². The number of hydrogen-bond acceptors (Lipinski definition) is 4. The second kappa shape index (κ2) is 7.70. The van der Waals surface area contributed by atoms with Crippen molar-refractivity contribution >= 4 is 0 Å². The predicted octanol–water partition coefficient (Wildman–Crippen LogP) is 0.906. The van der Waals surface area contributed by atoms with Crippen molar-refractivity contribution in [3.8, 4) is 0 Å². The molecule has 2 rings (SSSR count). The maximum atomic E-state index is 5.00. The number of aryl methyl sites for hydroxylation is 2. The largest absolute Gasteiger partial charge is 0.383 e. The molecule has 0 aliphatic heterocycles. The van der Waals surface area contributed by atoms with E-state index in [0.29, 0.717) is 0 Å². The van der Waals surface area contributed by atoms with Crippen LogP contribution >= 0.6 is 0 Å². The van der Waals surface area contributed by atoms with Crippen LogP contribution in [-0.4, -0.2) is 39.6 Å². The Morgan fingerprint density at radius 1 is 1.37 bits per heavy atom. The Bertz CT molecular complexity index is 451. The third kappa shape index (κ3) is 4.50. The first kappa shape index (κ1) is 13.8. The molecule has 0 aliphatic rings. The lowest BCUT2D eigenvalue weighted by Gasteiger charge is -2.09. The van der Waals surface area contributed by atoms with Gasteiger partial charge in [0.1, 0.15) is 0 Å². The first-order valence-corrected chi connectivity index (χ1v) is 6.56. The second-order valence-corrected chi connectivity index (χ2v) is 4.37. The van der Waals surface area contributed by atoms with Crippen LogP contribution in [0.15, 0.2) is 31.0 Å². The predicted molar refractivity (Wildman–Crippen MR) is 72.7 cm³/mol. The summed E-state index contributed by atoms with van der Waals surface area (Å²) < 4.78 is 9.14. The molecular formula is C13H21N5O. The number of nitrogens with zero attached hydrogens (tertiary/aromatic N) is 4. The molecule has 104 valence electrons. The van der Waals surface area contributed by atoms with Crippen LogP contribution in [0, 0.1) is 0 Å². The van der Waals surface area contributed by atoms with E-state index in [1.807, 2.05) is 35.7 Å². The van der Waals surface area contributed by atoms with Gasteiger partial charge in [0, 0.05) is 51.9 Å². The van der Waals surface area contributed by atoms with E-state index >= 15 is 0 Å². The van der Waals surface area contributed by atoms with E-state index in [4.69, 9.17) is 4.74 Å². The highest BCUT2D eigenvalue weighted by Gasteiger charge is 2.01.